The van der Waals surface area contributed by atoms with E-state index < -0.39 is 5.97 Å². The van der Waals surface area contributed by atoms with Gasteiger partial charge in [-0.3, -0.25) is 4.79 Å². The number of carbonyl (C=O) groups excluding carboxylic acids is 1. The largest absolute Gasteiger partial charge is 0.480 e. The average molecular weight is 269 g/mol. The SMILES string of the molecule is CN1CCC(NC(=O)N(CC(=O)O)CC2CC2)CC1. The highest BCUT2D eigenvalue weighted by atomic mass is 16.4. The Morgan fingerprint density at radius 3 is 2.42 bits per heavy atom. The van der Waals surface area contributed by atoms with Gasteiger partial charge in [0.2, 0.25) is 0 Å². The topological polar surface area (TPSA) is 72.9 Å². The van der Waals surface area contributed by atoms with E-state index in [1.54, 1.807) is 0 Å². The van der Waals surface area contributed by atoms with Crippen LogP contribution in [0.3, 0.4) is 0 Å². The number of nitrogens with one attached hydrogen (secondary N) is 1. The molecule has 1 aliphatic carbocycles. The van der Waals surface area contributed by atoms with Crippen molar-refractivity contribution in [3.8, 4) is 0 Å². The first-order valence-corrected chi connectivity index (χ1v) is 7.00. The number of hydrogen-bond donors (Lipinski definition) is 2. The molecule has 0 aromatic rings. The lowest BCUT2D eigenvalue weighted by molar-refractivity contribution is -0.137. The first-order valence-electron chi connectivity index (χ1n) is 7.00. The number of urea groups is 1. The summed E-state index contributed by atoms with van der Waals surface area (Å²) < 4.78 is 0. The third kappa shape index (κ3) is 4.70. The molecule has 1 heterocycles. The second kappa shape index (κ2) is 6.23. The van der Waals surface area contributed by atoms with Gasteiger partial charge in [0.05, 0.1) is 0 Å². The number of amides is 2. The number of aliphatic carboxylic acids is 1. The van der Waals surface area contributed by atoms with Gasteiger partial charge in [-0.2, -0.15) is 0 Å². The minimum atomic E-state index is -0.945. The molecule has 6 nitrogen and oxygen atoms in total. The number of likely N-dealkylation sites (tertiary alicyclic amines) is 1. The second-order valence-corrected chi connectivity index (χ2v) is 5.74. The summed E-state index contributed by atoms with van der Waals surface area (Å²) in [7, 11) is 2.07. The van der Waals surface area contributed by atoms with Gasteiger partial charge in [-0.05, 0) is 51.7 Å². The predicted octanol–water partition coefficient (Wildman–Crippen LogP) is 0.587. The fourth-order valence-electron chi connectivity index (χ4n) is 2.41. The van der Waals surface area contributed by atoms with Crippen molar-refractivity contribution in [1.82, 2.24) is 15.1 Å². The van der Waals surface area contributed by atoms with Crippen molar-refractivity contribution in [2.45, 2.75) is 31.7 Å². The van der Waals surface area contributed by atoms with Gasteiger partial charge in [-0.25, -0.2) is 4.79 Å². The number of carboxylic acids is 1. The molecule has 0 radical (unpaired) electrons. The van der Waals surface area contributed by atoms with Crippen LogP contribution in [0.5, 0.6) is 0 Å². The van der Waals surface area contributed by atoms with E-state index in [4.69, 9.17) is 5.11 Å². The summed E-state index contributed by atoms with van der Waals surface area (Å²) >= 11 is 0. The Balaban J connectivity index is 1.81. The molecule has 6 heteroatoms. The number of hydrogen-bond acceptors (Lipinski definition) is 3. The van der Waals surface area contributed by atoms with Crippen molar-refractivity contribution in [2.75, 3.05) is 33.2 Å². The minimum absolute atomic E-state index is 0.180. The predicted molar refractivity (Wildman–Crippen MR) is 71.0 cm³/mol. The fraction of sp³-hybridized carbons (Fsp3) is 0.846. The maximum Gasteiger partial charge on any atom is 0.323 e. The molecule has 2 rings (SSSR count). The number of carboxylic acid groups (broad SMARTS) is 1. The van der Waals surface area contributed by atoms with Crippen LogP contribution in [0.1, 0.15) is 25.7 Å². The summed E-state index contributed by atoms with van der Waals surface area (Å²) in [6.07, 6.45) is 4.09. The van der Waals surface area contributed by atoms with Crippen molar-refractivity contribution in [1.29, 1.82) is 0 Å². The van der Waals surface area contributed by atoms with Crippen molar-refractivity contribution < 1.29 is 14.7 Å². The van der Waals surface area contributed by atoms with E-state index in [2.05, 4.69) is 17.3 Å². The van der Waals surface area contributed by atoms with Crippen molar-refractivity contribution in [3.63, 3.8) is 0 Å². The molecule has 108 valence electrons. The Bertz CT molecular complexity index is 336. The molecule has 2 amide bonds. The third-order valence-electron chi connectivity index (χ3n) is 3.84. The van der Waals surface area contributed by atoms with Crippen molar-refractivity contribution >= 4 is 12.0 Å². The highest BCUT2D eigenvalue weighted by Crippen LogP contribution is 2.29. The average Bonchev–Trinajstić information content (AvgIpc) is 3.14. The van der Waals surface area contributed by atoms with E-state index in [-0.39, 0.29) is 18.6 Å². The Hall–Kier alpha value is -1.30. The normalized spacial score (nSPS) is 21.1. The molecule has 0 atom stereocenters. The summed E-state index contributed by atoms with van der Waals surface area (Å²) in [5.74, 6) is -0.443. The van der Waals surface area contributed by atoms with E-state index in [1.807, 2.05) is 0 Å². The molecule has 0 aromatic carbocycles. The quantitative estimate of drug-likeness (QED) is 0.766. The van der Waals surface area contributed by atoms with Crippen LogP contribution in [0.25, 0.3) is 0 Å². The molecular formula is C13H23N3O3. The number of carbonyl (C=O) groups is 2. The Labute approximate surface area is 113 Å². The van der Waals surface area contributed by atoms with Crippen molar-refractivity contribution in [3.05, 3.63) is 0 Å². The lowest BCUT2D eigenvalue weighted by atomic mass is 10.1. The standard InChI is InChI=1S/C13H23N3O3/c1-15-6-4-11(5-7-15)14-13(19)16(9-12(17)18)8-10-2-3-10/h10-11H,2-9H2,1H3,(H,14,19)(H,17,18). The first kappa shape index (κ1) is 14.1. The molecule has 1 aliphatic heterocycles. The summed E-state index contributed by atoms with van der Waals surface area (Å²) in [5, 5.41) is 11.9. The smallest absolute Gasteiger partial charge is 0.323 e. The lowest BCUT2D eigenvalue weighted by Gasteiger charge is -2.31. The molecule has 2 N–H and O–H groups in total. The third-order valence-corrected chi connectivity index (χ3v) is 3.84. The van der Waals surface area contributed by atoms with Crippen LogP contribution in [0.15, 0.2) is 0 Å². The van der Waals surface area contributed by atoms with Crippen LogP contribution in [-0.4, -0.2) is 66.2 Å². The molecule has 2 aliphatic rings. The lowest BCUT2D eigenvalue weighted by Crippen LogP contribution is -2.50. The van der Waals surface area contributed by atoms with Gasteiger partial charge in [0, 0.05) is 12.6 Å². The van der Waals surface area contributed by atoms with Crippen LogP contribution in [-0.2, 0) is 4.79 Å². The van der Waals surface area contributed by atoms with Crippen LogP contribution in [0, 0.1) is 5.92 Å². The van der Waals surface area contributed by atoms with Crippen LogP contribution in [0.4, 0.5) is 4.79 Å². The van der Waals surface area contributed by atoms with E-state index in [1.165, 1.54) is 4.90 Å². The number of piperidine rings is 1. The highest BCUT2D eigenvalue weighted by molar-refractivity contribution is 5.80. The summed E-state index contributed by atoms with van der Waals surface area (Å²) in [5.41, 5.74) is 0. The van der Waals surface area contributed by atoms with Gasteiger partial charge < -0.3 is 20.2 Å². The van der Waals surface area contributed by atoms with Crippen LogP contribution >= 0.6 is 0 Å². The summed E-state index contributed by atoms with van der Waals surface area (Å²) in [6, 6.07) is -0.0388. The van der Waals surface area contributed by atoms with Gasteiger partial charge in [-0.1, -0.05) is 0 Å². The Morgan fingerprint density at radius 1 is 1.26 bits per heavy atom. The molecule has 1 saturated heterocycles. The maximum atomic E-state index is 12.1. The zero-order valence-electron chi connectivity index (χ0n) is 11.5. The van der Waals surface area contributed by atoms with E-state index >= 15 is 0 Å². The van der Waals surface area contributed by atoms with E-state index in [0.717, 1.165) is 38.8 Å². The van der Waals surface area contributed by atoms with E-state index in [0.29, 0.717) is 12.5 Å². The van der Waals surface area contributed by atoms with Crippen molar-refractivity contribution in [2.24, 2.45) is 5.92 Å². The maximum absolute atomic E-state index is 12.1. The molecule has 0 aromatic heterocycles. The zero-order chi connectivity index (χ0) is 13.8. The van der Waals surface area contributed by atoms with Crippen LogP contribution in [0.2, 0.25) is 0 Å². The number of rotatable bonds is 5. The minimum Gasteiger partial charge on any atom is -0.480 e. The first-order chi connectivity index (χ1) is 9.04. The fourth-order valence-corrected chi connectivity index (χ4v) is 2.41. The molecule has 1 saturated carbocycles. The highest BCUT2D eigenvalue weighted by Gasteiger charge is 2.29. The van der Waals surface area contributed by atoms with Gasteiger partial charge >= 0.3 is 12.0 Å². The monoisotopic (exact) mass is 269 g/mol. The van der Waals surface area contributed by atoms with Gasteiger partial charge in [-0.15, -0.1) is 0 Å². The molecule has 0 spiro atoms. The Kier molecular flexibility index (Phi) is 4.63. The van der Waals surface area contributed by atoms with Gasteiger partial charge in [0.15, 0.2) is 0 Å². The Morgan fingerprint density at radius 2 is 1.89 bits per heavy atom. The molecule has 0 unspecified atom stereocenters. The van der Waals surface area contributed by atoms with Gasteiger partial charge in [0.1, 0.15) is 6.54 Å². The molecule has 0 bridgehead atoms. The molecular weight excluding hydrogens is 246 g/mol. The van der Waals surface area contributed by atoms with Crippen LogP contribution < -0.4 is 5.32 Å². The summed E-state index contributed by atoms with van der Waals surface area (Å²) in [4.78, 5) is 26.6. The summed E-state index contributed by atoms with van der Waals surface area (Å²) in [6.45, 7) is 2.33. The molecule has 2 fully saturated rings. The van der Waals surface area contributed by atoms with Gasteiger partial charge in [0.25, 0.3) is 0 Å². The second-order valence-electron chi connectivity index (χ2n) is 5.74. The zero-order valence-corrected chi connectivity index (χ0v) is 11.5. The number of nitrogens with zero attached hydrogens (tertiary/aromatic N) is 2. The molecule has 19 heavy (non-hydrogen) atoms. The van der Waals surface area contributed by atoms with E-state index in [9.17, 15) is 9.59 Å².